The molecule has 0 radical (unpaired) electrons. The lowest BCUT2D eigenvalue weighted by molar-refractivity contribution is 0.271. The molecule has 2 heterocycles. The number of aromatic nitrogens is 1. The topological polar surface area (TPSA) is 17.4 Å². The van der Waals surface area contributed by atoms with Crippen LogP contribution in [0, 0.1) is 17.8 Å². The molecule has 8 aliphatic rings. The lowest BCUT2D eigenvalue weighted by Gasteiger charge is -2.46. The Bertz CT molecular complexity index is 2700. The van der Waals surface area contributed by atoms with E-state index >= 15 is 0 Å². The molecule has 1 aliphatic heterocycles. The molecular weight excluding hydrogens is 729 g/mol. The highest BCUT2D eigenvalue weighted by Crippen LogP contribution is 2.61. The molecule has 0 saturated heterocycles. The first-order valence-corrected chi connectivity index (χ1v) is 22.9. The monoisotopic (exact) mass is 782 g/mol. The summed E-state index contributed by atoms with van der Waals surface area (Å²) in [5, 5.41) is 0. The Morgan fingerprint density at radius 3 is 2.55 bits per heavy atom. The van der Waals surface area contributed by atoms with Crippen LogP contribution in [0.25, 0.3) is 22.9 Å². The molecule has 0 saturated carbocycles. The van der Waals surface area contributed by atoms with Gasteiger partial charge in [-0.15, -0.1) is 0 Å². The number of rotatable bonds is 6. The normalized spacial score (nSPS) is 26.8. The highest BCUT2D eigenvalue weighted by Gasteiger charge is 2.53. The van der Waals surface area contributed by atoms with Crippen LogP contribution < -0.4 is 9.64 Å². The van der Waals surface area contributed by atoms with E-state index in [1.165, 1.54) is 81.2 Å². The number of nitrogens with zero attached hydrogens (tertiary/aromatic N) is 2. The highest BCUT2D eigenvalue weighted by atomic mass is 16.5. The van der Waals surface area contributed by atoms with Crippen molar-refractivity contribution >= 4 is 22.9 Å². The standard InChI is InChI=1S/C57H54N2O/c1-38-34-54-49(46-25-12-5-13-28-52(46)59(54)41-22-10-4-11-23-41)37-53(38)58(43-31-33-48-47-26-15-17-29-55(47)60-56(48)36-43)42-30-32-45-44-24-14-16-27-50(44)57(51(45)35-42,39-18-6-2-7-19-39)40-20-8-3-9-21-40/h2,4-8,10-11,13,15-18,20,22-23,26-27,29-33,35,37-40,56H,3,9,12,14,19,21,24-25,28,34,36H2,1H3. The van der Waals surface area contributed by atoms with Crippen molar-refractivity contribution in [2.45, 2.75) is 89.1 Å². The Morgan fingerprint density at radius 2 is 1.67 bits per heavy atom. The van der Waals surface area contributed by atoms with E-state index in [2.05, 4.69) is 168 Å². The molecule has 5 atom stereocenters. The minimum Gasteiger partial charge on any atom is -0.485 e. The number of anilines is 1. The SMILES string of the molecule is CC1Cc2c(c3c(n2-c2ccccc2)CC=CCC3)C=C1N(C1=CC=C2c3ccccc3OC2C1)c1ccc2c(c1)C(C1C=CC=CC1)(C1C=CCCC1)C1=C2CCC=C1. The van der Waals surface area contributed by atoms with Crippen LogP contribution in [0.15, 0.2) is 163 Å². The largest absolute Gasteiger partial charge is 0.485 e. The highest BCUT2D eigenvalue weighted by molar-refractivity contribution is 5.87. The first-order valence-electron chi connectivity index (χ1n) is 22.9. The molecule has 3 nitrogen and oxygen atoms in total. The first kappa shape index (κ1) is 36.1. The third-order valence-electron chi connectivity index (χ3n) is 15.1. The van der Waals surface area contributed by atoms with Gasteiger partial charge in [-0.2, -0.15) is 0 Å². The zero-order chi connectivity index (χ0) is 39.8. The van der Waals surface area contributed by atoms with Crippen molar-refractivity contribution in [2.75, 3.05) is 4.90 Å². The smallest absolute Gasteiger partial charge is 0.130 e. The van der Waals surface area contributed by atoms with E-state index < -0.39 is 0 Å². The van der Waals surface area contributed by atoms with Crippen molar-refractivity contribution in [2.24, 2.45) is 17.8 Å². The van der Waals surface area contributed by atoms with Crippen molar-refractivity contribution in [1.29, 1.82) is 0 Å². The molecule has 3 heteroatoms. The van der Waals surface area contributed by atoms with Gasteiger partial charge in [0.25, 0.3) is 0 Å². The van der Waals surface area contributed by atoms with Crippen LogP contribution in [0.3, 0.4) is 0 Å². The van der Waals surface area contributed by atoms with Crippen molar-refractivity contribution in [3.63, 3.8) is 0 Å². The Hall–Kier alpha value is -5.80. The maximum atomic E-state index is 6.77. The summed E-state index contributed by atoms with van der Waals surface area (Å²) in [4.78, 5) is 2.69. The molecule has 0 fully saturated rings. The summed E-state index contributed by atoms with van der Waals surface area (Å²) in [6.45, 7) is 2.47. The average molecular weight is 783 g/mol. The van der Waals surface area contributed by atoms with Crippen LogP contribution >= 0.6 is 0 Å². The van der Waals surface area contributed by atoms with Crippen LogP contribution in [0.4, 0.5) is 5.69 Å². The number of benzene rings is 3. The zero-order valence-corrected chi connectivity index (χ0v) is 34.8. The fourth-order valence-electron chi connectivity index (χ4n) is 12.6. The van der Waals surface area contributed by atoms with E-state index in [1.807, 2.05) is 0 Å². The third-order valence-corrected chi connectivity index (χ3v) is 15.1. The van der Waals surface area contributed by atoms with E-state index in [1.54, 1.807) is 16.7 Å². The zero-order valence-electron chi connectivity index (χ0n) is 34.8. The number of fused-ring (bicyclic) bond motifs is 8. The van der Waals surface area contributed by atoms with Gasteiger partial charge in [0.15, 0.2) is 0 Å². The van der Waals surface area contributed by atoms with E-state index in [0.29, 0.717) is 17.8 Å². The lowest BCUT2D eigenvalue weighted by Crippen LogP contribution is -2.42. The van der Waals surface area contributed by atoms with E-state index in [4.69, 9.17) is 4.74 Å². The van der Waals surface area contributed by atoms with Gasteiger partial charge < -0.3 is 14.2 Å². The predicted octanol–water partition coefficient (Wildman–Crippen LogP) is 13.5. The van der Waals surface area contributed by atoms with Gasteiger partial charge in [-0.05, 0) is 140 Å². The van der Waals surface area contributed by atoms with E-state index in [0.717, 1.165) is 57.1 Å². The molecule has 0 amide bonds. The molecule has 298 valence electrons. The predicted molar refractivity (Wildman–Crippen MR) is 248 cm³/mol. The fraction of sp³-hybridized carbons (Fsp3) is 0.298. The Balaban J connectivity index is 1.07. The second-order valence-electron chi connectivity index (χ2n) is 18.3. The van der Waals surface area contributed by atoms with Gasteiger partial charge in [0.05, 0.1) is 0 Å². The molecule has 3 aromatic carbocycles. The molecule has 7 aliphatic carbocycles. The van der Waals surface area contributed by atoms with Crippen molar-refractivity contribution < 1.29 is 4.74 Å². The summed E-state index contributed by atoms with van der Waals surface area (Å²) in [7, 11) is 0. The van der Waals surface area contributed by atoms with Crippen LogP contribution in [-0.4, -0.2) is 10.7 Å². The number of allylic oxidation sites excluding steroid dienone is 15. The molecular formula is C57H54N2O. The third kappa shape index (κ3) is 5.47. The molecule has 0 spiro atoms. The molecule has 5 unspecified atom stereocenters. The van der Waals surface area contributed by atoms with Crippen LogP contribution in [-0.2, 0) is 24.7 Å². The van der Waals surface area contributed by atoms with Crippen LogP contribution in [0.2, 0.25) is 0 Å². The van der Waals surface area contributed by atoms with Gasteiger partial charge in [0.1, 0.15) is 11.9 Å². The second-order valence-corrected chi connectivity index (χ2v) is 18.3. The van der Waals surface area contributed by atoms with Crippen molar-refractivity contribution in [3.05, 3.63) is 202 Å². The lowest BCUT2D eigenvalue weighted by atomic mass is 9.56. The first-order chi connectivity index (χ1) is 29.7. The van der Waals surface area contributed by atoms with Gasteiger partial charge in [-0.25, -0.2) is 0 Å². The molecule has 0 N–H and O–H groups in total. The van der Waals surface area contributed by atoms with Gasteiger partial charge in [0.2, 0.25) is 0 Å². The fourth-order valence-corrected chi connectivity index (χ4v) is 12.6. The van der Waals surface area contributed by atoms with Crippen LogP contribution in [0.1, 0.15) is 97.5 Å². The van der Waals surface area contributed by atoms with Crippen molar-refractivity contribution in [1.82, 2.24) is 4.57 Å². The molecule has 1 aromatic heterocycles. The van der Waals surface area contributed by atoms with Crippen molar-refractivity contribution in [3.8, 4) is 11.4 Å². The summed E-state index contributed by atoms with van der Waals surface area (Å²) in [5.41, 5.74) is 19.8. The van der Waals surface area contributed by atoms with E-state index in [9.17, 15) is 0 Å². The number of ether oxygens (including phenoxy) is 1. The summed E-state index contributed by atoms with van der Waals surface area (Å²) in [6, 6.07) is 27.4. The summed E-state index contributed by atoms with van der Waals surface area (Å²) in [6.07, 6.45) is 43.7. The minimum atomic E-state index is -0.109. The Morgan fingerprint density at radius 1 is 0.767 bits per heavy atom. The second kappa shape index (κ2) is 14.4. The molecule has 12 rings (SSSR count). The number of hydrogen-bond acceptors (Lipinski definition) is 2. The number of hydrogen-bond donors (Lipinski definition) is 0. The summed E-state index contributed by atoms with van der Waals surface area (Å²) < 4.78 is 9.38. The maximum Gasteiger partial charge on any atom is 0.130 e. The number of para-hydroxylation sites is 2. The Kier molecular flexibility index (Phi) is 8.68. The summed E-state index contributed by atoms with van der Waals surface area (Å²) in [5.74, 6) is 2.15. The quantitative estimate of drug-likeness (QED) is 0.181. The van der Waals surface area contributed by atoms with Gasteiger partial charge in [-0.3, -0.25) is 0 Å². The van der Waals surface area contributed by atoms with Gasteiger partial charge in [-0.1, -0.05) is 116 Å². The van der Waals surface area contributed by atoms with Crippen LogP contribution in [0.5, 0.6) is 5.75 Å². The molecule has 60 heavy (non-hydrogen) atoms. The summed E-state index contributed by atoms with van der Waals surface area (Å²) >= 11 is 0. The molecule has 4 aromatic rings. The van der Waals surface area contributed by atoms with E-state index in [-0.39, 0.29) is 11.5 Å². The van der Waals surface area contributed by atoms with Gasteiger partial charge in [0, 0.05) is 75.0 Å². The van der Waals surface area contributed by atoms with Gasteiger partial charge >= 0.3 is 0 Å². The average Bonchev–Trinajstić information content (AvgIpc) is 3.84. The minimum absolute atomic E-state index is 0.000595. The Labute approximate surface area is 355 Å². The molecule has 0 bridgehead atoms. The maximum absolute atomic E-state index is 6.77.